The summed E-state index contributed by atoms with van der Waals surface area (Å²) < 4.78 is 6.76. The number of ketones is 1. The van der Waals surface area contributed by atoms with Gasteiger partial charge >= 0.3 is 5.97 Å². The lowest BCUT2D eigenvalue weighted by atomic mass is 10.1. The van der Waals surface area contributed by atoms with Crippen molar-refractivity contribution in [2.75, 3.05) is 0 Å². The molecule has 0 amide bonds. The number of carboxylic acid groups (broad SMARTS) is 1. The molecule has 0 fully saturated rings. The number of halogens is 3. The molecule has 1 atom stereocenters. The van der Waals surface area contributed by atoms with Gasteiger partial charge in [-0.3, -0.25) is 4.79 Å². The molecule has 6 nitrogen and oxygen atoms in total. The Hall–Kier alpha value is -2.35. The number of carbonyl (C=O) groups is 2. The number of hydrogen-bond acceptors (Lipinski definition) is 4. The molecule has 0 bridgehead atoms. The van der Waals surface area contributed by atoms with Gasteiger partial charge in [-0.05, 0) is 46.3 Å². The molecule has 138 valence electrons. The summed E-state index contributed by atoms with van der Waals surface area (Å²) >= 11 is 15.0. The number of para-hydroxylation sites is 1. The van der Waals surface area contributed by atoms with E-state index in [-0.39, 0.29) is 17.1 Å². The minimum atomic E-state index is -1.28. The molecule has 0 spiro atoms. The maximum atomic E-state index is 12.9. The number of benzene rings is 2. The highest BCUT2D eigenvalue weighted by Gasteiger charge is 2.21. The fraction of sp³-hybridized carbons (Fsp3) is 0.0556. The first-order valence-electron chi connectivity index (χ1n) is 7.54. The fourth-order valence-corrected chi connectivity index (χ4v) is 3.01. The van der Waals surface area contributed by atoms with Crippen LogP contribution in [0.4, 0.5) is 0 Å². The van der Waals surface area contributed by atoms with Gasteiger partial charge in [0.15, 0.2) is 5.78 Å². The Bertz CT molecular complexity index is 1020. The Labute approximate surface area is 172 Å². The average Bonchev–Trinajstić information content (AvgIpc) is 3.11. The van der Waals surface area contributed by atoms with E-state index in [9.17, 15) is 9.59 Å². The third-order valence-corrected chi connectivity index (χ3v) is 4.67. The zero-order chi connectivity index (χ0) is 19.6. The normalized spacial score (nSPS) is 11.8. The summed E-state index contributed by atoms with van der Waals surface area (Å²) in [6, 6.07) is 11.3. The molecule has 0 saturated carbocycles. The molecule has 9 heteroatoms. The van der Waals surface area contributed by atoms with Crippen molar-refractivity contribution in [2.45, 2.75) is 5.01 Å². The monoisotopic (exact) mass is 468 g/mol. The zero-order valence-corrected chi connectivity index (χ0v) is 16.6. The lowest BCUT2D eigenvalue weighted by Gasteiger charge is -2.12. The van der Waals surface area contributed by atoms with Crippen molar-refractivity contribution in [3.8, 4) is 11.4 Å². The van der Waals surface area contributed by atoms with Crippen LogP contribution in [0, 0.1) is 0 Å². The number of hydrogen-bond donors (Lipinski definition) is 1. The standard InChI is InChI=1S/C18H11BrCl2N2O4/c19-17(18(25)26)27-15-4-2-1-3-12(15)16(24)10-8-22-23(9-10)14-6-5-11(20)7-13(14)21/h1-9,17H,(H,25,26). The summed E-state index contributed by atoms with van der Waals surface area (Å²) in [6.07, 6.45) is 2.92. The van der Waals surface area contributed by atoms with E-state index in [1.165, 1.54) is 23.1 Å². The summed E-state index contributed by atoms with van der Waals surface area (Å²) in [6.45, 7) is 0. The van der Waals surface area contributed by atoms with Crippen LogP contribution in [-0.2, 0) is 4.79 Å². The third-order valence-electron chi connectivity index (χ3n) is 3.56. The van der Waals surface area contributed by atoms with Gasteiger partial charge < -0.3 is 9.84 Å². The van der Waals surface area contributed by atoms with Crippen LogP contribution in [0.1, 0.15) is 15.9 Å². The third kappa shape index (κ3) is 4.32. The van der Waals surface area contributed by atoms with Crippen molar-refractivity contribution in [1.82, 2.24) is 9.78 Å². The molecule has 1 unspecified atom stereocenters. The molecular weight excluding hydrogens is 459 g/mol. The predicted molar refractivity (Wildman–Crippen MR) is 104 cm³/mol. The Morgan fingerprint density at radius 2 is 1.93 bits per heavy atom. The second kappa shape index (κ2) is 8.12. The van der Waals surface area contributed by atoms with Gasteiger partial charge in [-0.2, -0.15) is 5.10 Å². The quantitative estimate of drug-likeness (QED) is 0.421. The van der Waals surface area contributed by atoms with E-state index in [1.54, 1.807) is 36.4 Å². The van der Waals surface area contributed by atoms with E-state index in [1.807, 2.05) is 0 Å². The minimum Gasteiger partial charge on any atom is -0.478 e. The average molecular weight is 470 g/mol. The fourth-order valence-electron chi connectivity index (χ4n) is 2.31. The Balaban J connectivity index is 1.92. The second-order valence-electron chi connectivity index (χ2n) is 5.37. The molecule has 0 saturated heterocycles. The second-order valence-corrected chi connectivity index (χ2v) is 7.04. The molecule has 2 aromatic carbocycles. The number of carboxylic acids is 1. The number of carbonyl (C=O) groups excluding carboxylic acids is 1. The molecule has 0 aliphatic rings. The predicted octanol–water partition coefficient (Wildman–Crippen LogP) is 4.59. The summed E-state index contributed by atoms with van der Waals surface area (Å²) in [7, 11) is 0. The molecule has 3 rings (SSSR count). The van der Waals surface area contributed by atoms with E-state index >= 15 is 0 Å². The van der Waals surface area contributed by atoms with E-state index < -0.39 is 11.0 Å². The van der Waals surface area contributed by atoms with Crippen LogP contribution >= 0.6 is 39.1 Å². The first-order chi connectivity index (χ1) is 12.9. The first-order valence-corrected chi connectivity index (χ1v) is 9.21. The highest BCUT2D eigenvalue weighted by molar-refractivity contribution is 9.09. The number of aliphatic carboxylic acids is 1. The van der Waals surface area contributed by atoms with Crippen LogP contribution in [0.5, 0.6) is 5.75 Å². The van der Waals surface area contributed by atoms with Crippen molar-refractivity contribution >= 4 is 50.9 Å². The van der Waals surface area contributed by atoms with E-state index in [4.69, 9.17) is 33.0 Å². The van der Waals surface area contributed by atoms with E-state index in [2.05, 4.69) is 21.0 Å². The topological polar surface area (TPSA) is 81.4 Å². The molecule has 1 aromatic heterocycles. The SMILES string of the molecule is O=C(c1cnn(-c2ccc(Cl)cc2Cl)c1)c1ccccc1OC(Br)C(=O)O. The summed E-state index contributed by atoms with van der Waals surface area (Å²) in [5, 5.41) is 12.7. The van der Waals surface area contributed by atoms with Crippen molar-refractivity contribution in [3.63, 3.8) is 0 Å². The molecule has 0 radical (unpaired) electrons. The Morgan fingerprint density at radius 1 is 1.19 bits per heavy atom. The number of nitrogens with zero attached hydrogens (tertiary/aromatic N) is 2. The number of rotatable bonds is 6. The number of ether oxygens (including phenoxy) is 1. The van der Waals surface area contributed by atoms with Crippen molar-refractivity contribution in [1.29, 1.82) is 0 Å². The zero-order valence-electron chi connectivity index (χ0n) is 13.5. The van der Waals surface area contributed by atoms with E-state index in [0.717, 1.165) is 0 Å². The molecule has 27 heavy (non-hydrogen) atoms. The minimum absolute atomic E-state index is 0.143. The smallest absolute Gasteiger partial charge is 0.356 e. The Morgan fingerprint density at radius 3 is 2.63 bits per heavy atom. The van der Waals surface area contributed by atoms with Crippen LogP contribution < -0.4 is 4.74 Å². The lowest BCUT2D eigenvalue weighted by molar-refractivity contribution is -0.140. The van der Waals surface area contributed by atoms with Gasteiger partial charge in [-0.1, -0.05) is 35.3 Å². The van der Waals surface area contributed by atoms with Gasteiger partial charge in [0.1, 0.15) is 5.75 Å². The van der Waals surface area contributed by atoms with Gasteiger partial charge in [-0.15, -0.1) is 0 Å². The van der Waals surface area contributed by atoms with E-state index in [0.29, 0.717) is 21.3 Å². The number of alkyl halides is 1. The summed E-state index contributed by atoms with van der Waals surface area (Å²) in [5.41, 5.74) is 1.07. The molecule has 1 heterocycles. The maximum Gasteiger partial charge on any atom is 0.356 e. The van der Waals surface area contributed by atoms with Gasteiger partial charge in [0.2, 0.25) is 5.01 Å². The highest BCUT2D eigenvalue weighted by atomic mass is 79.9. The van der Waals surface area contributed by atoms with Crippen molar-refractivity contribution in [3.05, 3.63) is 76.0 Å². The maximum absolute atomic E-state index is 12.9. The van der Waals surface area contributed by atoms with Crippen molar-refractivity contribution in [2.24, 2.45) is 0 Å². The summed E-state index contributed by atoms with van der Waals surface area (Å²) in [4.78, 5) is 23.8. The van der Waals surface area contributed by atoms with Gasteiger partial charge in [-0.25, -0.2) is 9.48 Å². The molecule has 3 aromatic rings. The molecule has 1 N–H and O–H groups in total. The van der Waals surface area contributed by atoms with Crippen molar-refractivity contribution < 1.29 is 19.4 Å². The first kappa shape index (κ1) is 19.4. The van der Waals surface area contributed by atoms with Gasteiger partial charge in [0.25, 0.3) is 0 Å². The number of aromatic nitrogens is 2. The Kier molecular flexibility index (Phi) is 5.84. The van der Waals surface area contributed by atoms with Crippen LogP contribution in [0.15, 0.2) is 54.9 Å². The highest BCUT2D eigenvalue weighted by Crippen LogP contribution is 2.26. The van der Waals surface area contributed by atoms with Gasteiger partial charge in [0.05, 0.1) is 28.0 Å². The molecule has 0 aliphatic heterocycles. The van der Waals surface area contributed by atoms with Crippen LogP contribution in [0.25, 0.3) is 5.69 Å². The largest absolute Gasteiger partial charge is 0.478 e. The molecule has 0 aliphatic carbocycles. The lowest BCUT2D eigenvalue weighted by Crippen LogP contribution is -2.20. The van der Waals surface area contributed by atoms with Crippen LogP contribution in [0.3, 0.4) is 0 Å². The molecular formula is C18H11BrCl2N2O4. The summed E-state index contributed by atoms with van der Waals surface area (Å²) in [5.74, 6) is -1.43. The van der Waals surface area contributed by atoms with Crippen LogP contribution in [-0.4, -0.2) is 31.7 Å². The van der Waals surface area contributed by atoms with Gasteiger partial charge in [0, 0.05) is 11.2 Å². The van der Waals surface area contributed by atoms with Crippen LogP contribution in [0.2, 0.25) is 10.0 Å².